The van der Waals surface area contributed by atoms with Gasteiger partial charge in [-0.05, 0) is 23.1 Å². The zero-order valence-electron chi connectivity index (χ0n) is 13.0. The number of nitrogens with one attached hydrogen (secondary N) is 1. The predicted molar refractivity (Wildman–Crippen MR) is 87.8 cm³/mol. The summed E-state index contributed by atoms with van der Waals surface area (Å²) in [6, 6.07) is 6.94. The Kier molecular flexibility index (Phi) is 3.95. The van der Waals surface area contributed by atoms with Gasteiger partial charge in [0.05, 0.1) is 11.4 Å². The van der Waals surface area contributed by atoms with Crippen LogP contribution in [-0.2, 0) is 22.0 Å². The molecular weight excluding hydrogens is 334 g/mol. The van der Waals surface area contributed by atoms with Crippen LogP contribution in [0.4, 0.5) is 0 Å². The molecule has 0 fully saturated rings. The van der Waals surface area contributed by atoms with E-state index in [9.17, 15) is 8.42 Å². The summed E-state index contributed by atoms with van der Waals surface area (Å²) in [6.45, 7) is 6.38. The molecule has 23 heavy (non-hydrogen) atoms. The summed E-state index contributed by atoms with van der Waals surface area (Å²) < 4.78 is 28.8. The van der Waals surface area contributed by atoms with E-state index < -0.39 is 10.0 Å². The maximum atomic E-state index is 12.4. The summed E-state index contributed by atoms with van der Waals surface area (Å²) in [6.07, 6.45) is 1.48. The fourth-order valence-electron chi connectivity index (χ4n) is 2.05. The topological polar surface area (TPSA) is 89.2 Å². The Morgan fingerprint density at radius 1 is 1.22 bits per heavy atom. The number of rotatable bonds is 4. The Bertz CT molecular complexity index is 892. The third-order valence-corrected chi connectivity index (χ3v) is 5.70. The summed E-state index contributed by atoms with van der Waals surface area (Å²) >= 11 is 1.30. The summed E-state index contributed by atoms with van der Waals surface area (Å²) in [7, 11) is -3.57. The highest BCUT2D eigenvalue weighted by molar-refractivity contribution is 7.89. The van der Waals surface area contributed by atoms with Crippen molar-refractivity contribution < 1.29 is 8.42 Å². The fourth-order valence-corrected chi connectivity index (χ4v) is 3.88. The van der Waals surface area contributed by atoms with Gasteiger partial charge in [-0.1, -0.05) is 44.2 Å². The molecule has 7 nitrogen and oxygen atoms in total. The minimum atomic E-state index is -3.57. The van der Waals surface area contributed by atoms with Crippen molar-refractivity contribution in [1.29, 1.82) is 0 Å². The largest absolute Gasteiger partial charge is 0.240 e. The quantitative estimate of drug-likeness (QED) is 0.776. The minimum Gasteiger partial charge on any atom is -0.207 e. The van der Waals surface area contributed by atoms with Crippen molar-refractivity contribution in [2.75, 3.05) is 0 Å². The van der Waals surface area contributed by atoms with Crippen LogP contribution >= 0.6 is 11.3 Å². The highest BCUT2D eigenvalue weighted by Crippen LogP contribution is 2.23. The van der Waals surface area contributed by atoms with Gasteiger partial charge in [0.1, 0.15) is 11.3 Å². The van der Waals surface area contributed by atoms with Crippen LogP contribution in [0.25, 0.3) is 4.96 Å². The van der Waals surface area contributed by atoms with Gasteiger partial charge in [-0.3, -0.25) is 0 Å². The van der Waals surface area contributed by atoms with Crippen molar-refractivity contribution >= 4 is 26.3 Å². The first-order chi connectivity index (χ1) is 10.8. The molecule has 0 radical (unpaired) electrons. The number of benzene rings is 1. The molecule has 0 atom stereocenters. The van der Waals surface area contributed by atoms with E-state index in [0.717, 1.165) is 5.56 Å². The van der Waals surface area contributed by atoms with Crippen molar-refractivity contribution in [2.45, 2.75) is 37.6 Å². The van der Waals surface area contributed by atoms with E-state index in [1.54, 1.807) is 12.1 Å². The highest BCUT2D eigenvalue weighted by Gasteiger charge is 2.18. The third-order valence-electron chi connectivity index (χ3n) is 3.37. The van der Waals surface area contributed by atoms with Crippen molar-refractivity contribution in [1.82, 2.24) is 24.5 Å². The Labute approximate surface area is 138 Å². The van der Waals surface area contributed by atoms with Crippen LogP contribution < -0.4 is 4.72 Å². The Hall–Kier alpha value is -1.84. The van der Waals surface area contributed by atoms with Gasteiger partial charge in [-0.15, -0.1) is 10.2 Å². The van der Waals surface area contributed by atoms with Crippen LogP contribution in [-0.4, -0.2) is 28.2 Å². The fraction of sp³-hybridized carbons (Fsp3) is 0.357. The van der Waals surface area contributed by atoms with E-state index in [2.05, 4.69) is 40.8 Å². The lowest BCUT2D eigenvalue weighted by atomic mass is 9.87. The summed E-state index contributed by atoms with van der Waals surface area (Å²) in [5.41, 5.74) is 1.07. The molecule has 1 N–H and O–H groups in total. The van der Waals surface area contributed by atoms with E-state index >= 15 is 0 Å². The molecule has 2 heterocycles. The number of fused-ring (bicyclic) bond motifs is 1. The molecular formula is C14H17N5O2S2. The van der Waals surface area contributed by atoms with E-state index in [4.69, 9.17) is 0 Å². The van der Waals surface area contributed by atoms with Gasteiger partial charge in [0.15, 0.2) is 0 Å². The first kappa shape index (κ1) is 16.0. The monoisotopic (exact) mass is 351 g/mol. The van der Waals surface area contributed by atoms with Crippen molar-refractivity contribution in [2.24, 2.45) is 0 Å². The molecule has 0 bridgehead atoms. The van der Waals surface area contributed by atoms with Crippen LogP contribution in [0.2, 0.25) is 0 Å². The van der Waals surface area contributed by atoms with Crippen molar-refractivity contribution in [3.63, 3.8) is 0 Å². The highest BCUT2D eigenvalue weighted by atomic mass is 32.2. The molecule has 0 aliphatic rings. The maximum absolute atomic E-state index is 12.4. The zero-order valence-corrected chi connectivity index (χ0v) is 14.6. The van der Waals surface area contributed by atoms with Crippen molar-refractivity contribution in [3.8, 4) is 0 Å². The first-order valence-electron chi connectivity index (χ1n) is 7.02. The van der Waals surface area contributed by atoms with Crippen LogP contribution in [0.3, 0.4) is 0 Å². The van der Waals surface area contributed by atoms with Gasteiger partial charge >= 0.3 is 0 Å². The molecule has 3 rings (SSSR count). The molecule has 0 saturated carbocycles. The van der Waals surface area contributed by atoms with Crippen molar-refractivity contribution in [3.05, 3.63) is 41.2 Å². The SMILES string of the molecule is CC(C)(C)c1ccc(S(=O)(=O)NCc2nn3cnnc3s2)cc1. The average molecular weight is 351 g/mol. The van der Waals surface area contributed by atoms with E-state index in [-0.39, 0.29) is 16.9 Å². The molecule has 2 aromatic heterocycles. The molecule has 1 aromatic carbocycles. The third kappa shape index (κ3) is 3.41. The first-order valence-corrected chi connectivity index (χ1v) is 9.32. The average Bonchev–Trinajstić information content (AvgIpc) is 3.05. The summed E-state index contributed by atoms with van der Waals surface area (Å²) in [5, 5.41) is 12.4. The molecule has 122 valence electrons. The Morgan fingerprint density at radius 2 is 1.91 bits per heavy atom. The normalized spacial score (nSPS) is 12.8. The lowest BCUT2D eigenvalue weighted by molar-refractivity contribution is 0.577. The lowest BCUT2D eigenvalue weighted by Crippen LogP contribution is -2.23. The molecule has 0 unspecified atom stereocenters. The zero-order chi connectivity index (χ0) is 16.7. The van der Waals surface area contributed by atoms with Crippen LogP contribution in [0.15, 0.2) is 35.5 Å². The van der Waals surface area contributed by atoms with Gasteiger partial charge in [-0.25, -0.2) is 13.1 Å². The summed E-state index contributed by atoms with van der Waals surface area (Å²) in [5.74, 6) is 0. The second-order valence-electron chi connectivity index (χ2n) is 6.15. The van der Waals surface area contributed by atoms with Crippen LogP contribution in [0.5, 0.6) is 0 Å². The molecule has 0 aliphatic heterocycles. The van der Waals surface area contributed by atoms with Gasteiger partial charge in [0, 0.05) is 0 Å². The van der Waals surface area contributed by atoms with Crippen LogP contribution in [0.1, 0.15) is 31.3 Å². The lowest BCUT2D eigenvalue weighted by Gasteiger charge is -2.19. The van der Waals surface area contributed by atoms with Gasteiger partial charge in [0.25, 0.3) is 0 Å². The molecule has 3 aromatic rings. The molecule has 0 amide bonds. The molecule has 0 saturated heterocycles. The predicted octanol–water partition coefficient (Wildman–Crippen LogP) is 1.96. The standard InChI is InChI=1S/C14H17N5O2S2/c1-14(2,3)10-4-6-11(7-5-10)23(20,21)16-8-12-18-19-9-15-17-13(19)22-12/h4-7,9,16H,8H2,1-3H3. The maximum Gasteiger partial charge on any atom is 0.240 e. The van der Waals surface area contributed by atoms with E-state index in [1.807, 2.05) is 12.1 Å². The van der Waals surface area contributed by atoms with E-state index in [1.165, 1.54) is 22.2 Å². The molecule has 0 spiro atoms. The molecule has 9 heteroatoms. The Morgan fingerprint density at radius 3 is 2.52 bits per heavy atom. The number of hydrogen-bond donors (Lipinski definition) is 1. The number of sulfonamides is 1. The minimum absolute atomic E-state index is 0.0144. The van der Waals surface area contributed by atoms with Gasteiger partial charge in [0.2, 0.25) is 15.0 Å². The van der Waals surface area contributed by atoms with Crippen LogP contribution in [0, 0.1) is 0 Å². The molecule has 0 aliphatic carbocycles. The van der Waals surface area contributed by atoms with Gasteiger partial charge in [-0.2, -0.15) is 9.61 Å². The Balaban J connectivity index is 1.74. The second kappa shape index (κ2) is 5.66. The van der Waals surface area contributed by atoms with Gasteiger partial charge < -0.3 is 0 Å². The number of nitrogens with zero attached hydrogens (tertiary/aromatic N) is 4. The second-order valence-corrected chi connectivity index (χ2v) is 8.96. The smallest absolute Gasteiger partial charge is 0.207 e. The number of hydrogen-bond acceptors (Lipinski definition) is 6. The summed E-state index contributed by atoms with van der Waals surface area (Å²) in [4.78, 5) is 0.877. The number of aromatic nitrogens is 4. The van der Waals surface area contributed by atoms with E-state index in [0.29, 0.717) is 9.97 Å².